The van der Waals surface area contributed by atoms with Crippen LogP contribution >= 0.6 is 31.2 Å². The quantitative estimate of drug-likeness (QED) is 0.495. The Morgan fingerprint density at radius 1 is 1.22 bits per heavy atom. The van der Waals surface area contributed by atoms with Gasteiger partial charge in [0.25, 0.3) is 0 Å². The highest BCUT2D eigenvalue weighted by molar-refractivity contribution is 7.99. The van der Waals surface area contributed by atoms with E-state index >= 15 is 0 Å². The molecule has 148 valence electrons. The van der Waals surface area contributed by atoms with Crippen molar-refractivity contribution in [3.05, 3.63) is 58.6 Å². The predicted octanol–water partition coefficient (Wildman–Crippen LogP) is 4.81. The lowest BCUT2D eigenvalue weighted by atomic mass is 9.95. The molecule has 0 spiro atoms. The Morgan fingerprint density at radius 2 is 1.93 bits per heavy atom. The highest BCUT2D eigenvalue weighted by Gasteiger charge is 2.24. The fraction of sp³-hybridized carbons (Fsp3) is 0.368. The van der Waals surface area contributed by atoms with Crippen LogP contribution in [-0.4, -0.2) is 21.9 Å². The highest BCUT2D eigenvalue weighted by Crippen LogP contribution is 2.37. The highest BCUT2D eigenvalue weighted by atomic mass is 35.5. The van der Waals surface area contributed by atoms with E-state index in [0.717, 1.165) is 16.9 Å². The van der Waals surface area contributed by atoms with Gasteiger partial charge in [0, 0.05) is 20.4 Å². The predicted molar refractivity (Wildman–Crippen MR) is 110 cm³/mol. The monoisotopic (exact) mass is 429 g/mol. The topological polar surface area (TPSA) is 92.8 Å². The lowest BCUT2D eigenvalue weighted by molar-refractivity contribution is 0.154. The molecule has 2 aromatic carbocycles. The molecule has 0 saturated heterocycles. The van der Waals surface area contributed by atoms with Crippen molar-refractivity contribution in [2.45, 2.75) is 48.4 Å². The number of benzene rings is 2. The molecule has 2 aromatic rings. The summed E-state index contributed by atoms with van der Waals surface area (Å²) < 4.78 is 15.3. The van der Waals surface area contributed by atoms with Gasteiger partial charge in [-0.1, -0.05) is 48.5 Å². The minimum Gasteiger partial charge on any atom is -0.323 e. The summed E-state index contributed by atoms with van der Waals surface area (Å²) in [4.78, 5) is 19.8. The molecule has 1 unspecified atom stereocenters. The maximum Gasteiger partial charge on any atom is 0.469 e. The third kappa shape index (κ3) is 7.96. The second kappa shape index (κ2) is 9.57. The van der Waals surface area contributed by atoms with Gasteiger partial charge in [-0.3, -0.25) is 4.52 Å². The second-order valence-electron chi connectivity index (χ2n) is 6.77. The molecule has 1 atom stereocenters. The molecule has 4 N–H and O–H groups in total. The van der Waals surface area contributed by atoms with Crippen LogP contribution in [0.4, 0.5) is 0 Å². The largest absolute Gasteiger partial charge is 0.469 e. The van der Waals surface area contributed by atoms with Crippen molar-refractivity contribution in [3.8, 4) is 0 Å². The Labute approximate surface area is 169 Å². The molecule has 27 heavy (non-hydrogen) atoms. The number of phosphoric acid groups is 1. The van der Waals surface area contributed by atoms with Crippen LogP contribution in [0.5, 0.6) is 0 Å². The van der Waals surface area contributed by atoms with Gasteiger partial charge in [0.05, 0.1) is 6.61 Å². The van der Waals surface area contributed by atoms with E-state index in [9.17, 15) is 4.57 Å². The Hall–Kier alpha value is -0.850. The van der Waals surface area contributed by atoms with Crippen LogP contribution in [-0.2, 0) is 21.9 Å². The van der Waals surface area contributed by atoms with E-state index in [2.05, 4.69) is 35.7 Å². The van der Waals surface area contributed by atoms with E-state index < -0.39 is 13.4 Å². The van der Waals surface area contributed by atoms with Crippen LogP contribution in [0.25, 0.3) is 0 Å². The number of hydrogen-bond acceptors (Lipinski definition) is 4. The van der Waals surface area contributed by atoms with Gasteiger partial charge < -0.3 is 15.5 Å². The standard InChI is InChI=1S/C19H25ClNO4PS/c1-3-14-5-4-6-16(11-14)27-17-8-7-15(18(20)12-17)9-10-19(2,21)13-25-26(22,23)24/h4-8,11-12H,3,9-10,13,21H2,1-2H3,(H2,22,23,24). The number of nitrogens with two attached hydrogens (primary N) is 1. The van der Waals surface area contributed by atoms with Gasteiger partial charge in [-0.05, 0) is 61.6 Å². The van der Waals surface area contributed by atoms with Gasteiger partial charge in [-0.15, -0.1) is 0 Å². The molecular weight excluding hydrogens is 405 g/mol. The molecular formula is C19H25ClNO4PS. The van der Waals surface area contributed by atoms with Crippen molar-refractivity contribution in [1.82, 2.24) is 0 Å². The van der Waals surface area contributed by atoms with Crippen molar-refractivity contribution in [1.29, 1.82) is 0 Å². The second-order valence-corrected chi connectivity index (χ2v) is 9.57. The van der Waals surface area contributed by atoms with Gasteiger partial charge >= 0.3 is 7.82 Å². The molecule has 0 bridgehead atoms. The molecule has 0 aromatic heterocycles. The van der Waals surface area contributed by atoms with Gasteiger partial charge in [0.1, 0.15) is 0 Å². The molecule has 0 heterocycles. The lowest BCUT2D eigenvalue weighted by Crippen LogP contribution is -2.41. The molecule has 0 aliphatic rings. The van der Waals surface area contributed by atoms with Crippen LogP contribution in [0.3, 0.4) is 0 Å². The number of aryl methyl sites for hydroxylation is 2. The zero-order valence-electron chi connectivity index (χ0n) is 15.4. The molecule has 0 amide bonds. The van der Waals surface area contributed by atoms with E-state index in [0.29, 0.717) is 17.9 Å². The summed E-state index contributed by atoms with van der Waals surface area (Å²) in [5.74, 6) is 0. The fourth-order valence-electron chi connectivity index (χ4n) is 2.48. The lowest BCUT2D eigenvalue weighted by Gasteiger charge is -2.24. The van der Waals surface area contributed by atoms with Gasteiger partial charge in [0.15, 0.2) is 0 Å². The first-order chi connectivity index (χ1) is 12.6. The van der Waals surface area contributed by atoms with E-state index in [1.807, 2.05) is 18.2 Å². The van der Waals surface area contributed by atoms with Crippen molar-refractivity contribution >= 4 is 31.2 Å². The molecule has 2 rings (SSSR count). The molecule has 0 saturated carbocycles. The first kappa shape index (κ1) is 22.4. The summed E-state index contributed by atoms with van der Waals surface area (Å²) in [6.45, 7) is 3.60. The molecule has 0 aliphatic heterocycles. The van der Waals surface area contributed by atoms with Crippen LogP contribution in [0, 0.1) is 0 Å². The minimum absolute atomic E-state index is 0.226. The van der Waals surface area contributed by atoms with E-state index in [1.165, 1.54) is 10.5 Å². The Balaban J connectivity index is 1.98. The molecule has 0 radical (unpaired) electrons. The smallest absolute Gasteiger partial charge is 0.323 e. The maximum absolute atomic E-state index is 10.8. The summed E-state index contributed by atoms with van der Waals surface area (Å²) >= 11 is 8.08. The molecule has 8 heteroatoms. The number of hydrogen-bond donors (Lipinski definition) is 3. The molecule has 5 nitrogen and oxygen atoms in total. The first-order valence-corrected chi connectivity index (χ1v) is 11.3. The average molecular weight is 430 g/mol. The van der Waals surface area contributed by atoms with Gasteiger partial charge in [0.2, 0.25) is 0 Å². The Bertz CT molecular complexity index is 825. The van der Waals surface area contributed by atoms with Crippen molar-refractivity contribution < 1.29 is 18.9 Å². The number of phosphoric ester groups is 1. The van der Waals surface area contributed by atoms with Gasteiger partial charge in [-0.25, -0.2) is 4.57 Å². The third-order valence-electron chi connectivity index (χ3n) is 4.09. The van der Waals surface area contributed by atoms with Crippen molar-refractivity contribution in [2.75, 3.05) is 6.61 Å². The Morgan fingerprint density at radius 3 is 2.56 bits per heavy atom. The maximum atomic E-state index is 10.8. The molecule has 0 aliphatic carbocycles. The summed E-state index contributed by atoms with van der Waals surface area (Å²) in [5, 5.41) is 0.651. The van der Waals surface area contributed by atoms with Crippen LogP contribution in [0.15, 0.2) is 52.3 Å². The normalized spacial score (nSPS) is 14.1. The van der Waals surface area contributed by atoms with Crippen molar-refractivity contribution in [3.63, 3.8) is 0 Å². The van der Waals surface area contributed by atoms with Crippen molar-refractivity contribution in [2.24, 2.45) is 5.73 Å². The number of halogens is 1. The van der Waals surface area contributed by atoms with Crippen LogP contribution < -0.4 is 5.73 Å². The van der Waals surface area contributed by atoms with Crippen LogP contribution in [0.1, 0.15) is 31.4 Å². The summed E-state index contributed by atoms with van der Waals surface area (Å²) in [5.41, 5.74) is 7.44. The fourth-order valence-corrected chi connectivity index (χ4v) is 4.23. The Kier molecular flexibility index (Phi) is 7.95. The zero-order valence-corrected chi connectivity index (χ0v) is 17.9. The molecule has 0 fully saturated rings. The average Bonchev–Trinajstić information content (AvgIpc) is 2.59. The summed E-state index contributed by atoms with van der Waals surface area (Å²) in [7, 11) is -4.52. The summed E-state index contributed by atoms with van der Waals surface area (Å²) in [6, 6.07) is 14.3. The zero-order chi connectivity index (χ0) is 20.1. The SMILES string of the molecule is CCc1cccc(Sc2ccc(CCC(C)(N)COP(=O)(O)O)c(Cl)c2)c1. The summed E-state index contributed by atoms with van der Waals surface area (Å²) in [6.07, 6.45) is 2.07. The van der Waals surface area contributed by atoms with Crippen LogP contribution in [0.2, 0.25) is 5.02 Å². The minimum atomic E-state index is -4.52. The van der Waals surface area contributed by atoms with Gasteiger partial charge in [-0.2, -0.15) is 0 Å². The van der Waals surface area contributed by atoms with E-state index in [-0.39, 0.29) is 6.61 Å². The van der Waals surface area contributed by atoms with E-state index in [4.69, 9.17) is 27.1 Å². The number of rotatable bonds is 9. The third-order valence-corrected chi connectivity index (χ3v) is 5.89. The first-order valence-electron chi connectivity index (χ1n) is 8.62. The van der Waals surface area contributed by atoms with E-state index in [1.54, 1.807) is 18.7 Å².